The van der Waals surface area contributed by atoms with Crippen LogP contribution in [0.15, 0.2) is 36.7 Å². The van der Waals surface area contributed by atoms with E-state index in [1.165, 1.54) is 0 Å². The summed E-state index contributed by atoms with van der Waals surface area (Å²) in [6, 6.07) is 7.55. The van der Waals surface area contributed by atoms with E-state index in [0.717, 1.165) is 13.0 Å². The fourth-order valence-electron chi connectivity index (χ4n) is 2.70. The van der Waals surface area contributed by atoms with Crippen LogP contribution in [0, 0.1) is 0 Å². The number of nitrogens with one attached hydrogen (secondary N) is 1. The molecule has 7 heteroatoms. The summed E-state index contributed by atoms with van der Waals surface area (Å²) in [5, 5.41) is 7.10. The number of nitrogens with zero attached hydrogens (tertiary/aromatic N) is 2. The lowest BCUT2D eigenvalue weighted by Crippen LogP contribution is -2.40. The number of hydrogen-bond donors (Lipinski definition) is 1. The van der Waals surface area contributed by atoms with Crippen molar-refractivity contribution in [3.8, 4) is 11.5 Å². The van der Waals surface area contributed by atoms with Crippen molar-refractivity contribution in [3.05, 3.63) is 36.7 Å². The highest BCUT2D eigenvalue weighted by molar-refractivity contribution is 5.94. The maximum atomic E-state index is 12.3. The standard InChI is InChI=1S/C16H17N3O4/c20-16(15-10-22-13-3-1-2-4-14(13)23-15)18-11-7-17-19(8-11)12-5-6-21-9-12/h1-4,7-8,12,15H,5-6,9-10H2,(H,18,20)/t12-,15+/m1/s1. The minimum Gasteiger partial charge on any atom is -0.485 e. The Morgan fingerprint density at radius 2 is 2.13 bits per heavy atom. The van der Waals surface area contributed by atoms with E-state index in [-0.39, 0.29) is 18.6 Å². The van der Waals surface area contributed by atoms with Gasteiger partial charge in [0.2, 0.25) is 6.10 Å². The zero-order valence-corrected chi connectivity index (χ0v) is 12.5. The number of anilines is 1. The van der Waals surface area contributed by atoms with E-state index < -0.39 is 6.10 Å². The van der Waals surface area contributed by atoms with Gasteiger partial charge in [-0.05, 0) is 18.6 Å². The molecule has 1 aromatic heterocycles. The fourth-order valence-corrected chi connectivity index (χ4v) is 2.70. The molecule has 0 saturated carbocycles. The predicted molar refractivity (Wildman–Crippen MR) is 81.7 cm³/mol. The zero-order chi connectivity index (χ0) is 15.6. The van der Waals surface area contributed by atoms with Crippen LogP contribution < -0.4 is 14.8 Å². The molecule has 2 aliphatic heterocycles. The number of benzene rings is 1. The summed E-state index contributed by atoms with van der Waals surface area (Å²) < 4.78 is 18.4. The molecule has 0 bridgehead atoms. The van der Waals surface area contributed by atoms with Gasteiger partial charge in [0.1, 0.15) is 6.61 Å². The van der Waals surface area contributed by atoms with Gasteiger partial charge in [-0.15, -0.1) is 0 Å². The first-order valence-electron chi connectivity index (χ1n) is 7.61. The summed E-state index contributed by atoms with van der Waals surface area (Å²) in [6.45, 7) is 1.59. The van der Waals surface area contributed by atoms with E-state index in [4.69, 9.17) is 14.2 Å². The third-order valence-corrected chi connectivity index (χ3v) is 3.95. The monoisotopic (exact) mass is 315 g/mol. The van der Waals surface area contributed by atoms with Crippen LogP contribution in [0.25, 0.3) is 0 Å². The molecule has 1 N–H and O–H groups in total. The van der Waals surface area contributed by atoms with Gasteiger partial charge in [0.15, 0.2) is 11.5 Å². The third kappa shape index (κ3) is 2.87. The van der Waals surface area contributed by atoms with E-state index in [9.17, 15) is 4.79 Å². The smallest absolute Gasteiger partial charge is 0.269 e. The molecule has 7 nitrogen and oxygen atoms in total. The van der Waals surface area contributed by atoms with Crippen molar-refractivity contribution in [2.24, 2.45) is 0 Å². The third-order valence-electron chi connectivity index (χ3n) is 3.95. The van der Waals surface area contributed by atoms with Crippen molar-refractivity contribution in [2.45, 2.75) is 18.6 Å². The molecular formula is C16H17N3O4. The van der Waals surface area contributed by atoms with Crippen molar-refractivity contribution in [3.63, 3.8) is 0 Å². The van der Waals surface area contributed by atoms with E-state index in [2.05, 4.69) is 10.4 Å². The van der Waals surface area contributed by atoms with Gasteiger partial charge < -0.3 is 19.5 Å². The second kappa shape index (κ2) is 5.92. The summed E-state index contributed by atoms with van der Waals surface area (Å²) >= 11 is 0. The quantitative estimate of drug-likeness (QED) is 0.931. The molecule has 1 amide bonds. The molecule has 1 fully saturated rings. The van der Waals surface area contributed by atoms with Crippen LogP contribution in [0.4, 0.5) is 5.69 Å². The van der Waals surface area contributed by atoms with Gasteiger partial charge >= 0.3 is 0 Å². The summed E-state index contributed by atoms with van der Waals surface area (Å²) in [7, 11) is 0. The average Bonchev–Trinajstić information content (AvgIpc) is 3.25. The Bertz CT molecular complexity index is 709. The first-order valence-corrected chi connectivity index (χ1v) is 7.61. The van der Waals surface area contributed by atoms with Crippen molar-refractivity contribution in [2.75, 3.05) is 25.1 Å². The molecule has 0 radical (unpaired) electrons. The lowest BCUT2D eigenvalue weighted by molar-refractivity contribution is -0.125. The summed E-state index contributed by atoms with van der Waals surface area (Å²) in [4.78, 5) is 12.3. The molecule has 1 saturated heterocycles. The second-order valence-electron chi connectivity index (χ2n) is 5.58. The Hall–Kier alpha value is -2.54. The van der Waals surface area contributed by atoms with Gasteiger partial charge in [-0.3, -0.25) is 9.48 Å². The Morgan fingerprint density at radius 3 is 2.96 bits per heavy atom. The lowest BCUT2D eigenvalue weighted by atomic mass is 10.2. The van der Waals surface area contributed by atoms with E-state index >= 15 is 0 Å². The maximum Gasteiger partial charge on any atom is 0.269 e. The van der Waals surface area contributed by atoms with Gasteiger partial charge in [-0.1, -0.05) is 12.1 Å². The molecule has 0 aliphatic carbocycles. The first kappa shape index (κ1) is 14.1. The zero-order valence-electron chi connectivity index (χ0n) is 12.5. The van der Waals surface area contributed by atoms with Crippen molar-refractivity contribution in [1.29, 1.82) is 0 Å². The number of carbonyl (C=O) groups excluding carboxylic acids is 1. The largest absolute Gasteiger partial charge is 0.485 e. The number of hydrogen-bond acceptors (Lipinski definition) is 5. The van der Waals surface area contributed by atoms with E-state index in [1.807, 2.05) is 29.1 Å². The molecule has 0 unspecified atom stereocenters. The van der Waals surface area contributed by atoms with E-state index in [1.54, 1.807) is 12.3 Å². The SMILES string of the molecule is O=C(Nc1cnn([C@@H]2CCOC2)c1)[C@@H]1COc2ccccc2O1. The van der Waals surface area contributed by atoms with Crippen LogP contribution in [0.5, 0.6) is 11.5 Å². The summed E-state index contributed by atoms with van der Waals surface area (Å²) in [5.74, 6) is 0.991. The minimum atomic E-state index is -0.678. The molecule has 120 valence electrons. The fraction of sp³-hybridized carbons (Fsp3) is 0.375. The first-order chi connectivity index (χ1) is 11.3. The van der Waals surface area contributed by atoms with Crippen LogP contribution in [-0.4, -0.2) is 41.6 Å². The number of ether oxygens (including phenoxy) is 3. The lowest BCUT2D eigenvalue weighted by Gasteiger charge is -2.25. The van der Waals surface area contributed by atoms with Crippen LogP contribution in [0.2, 0.25) is 0 Å². The van der Waals surface area contributed by atoms with Gasteiger partial charge in [0.05, 0.1) is 24.5 Å². The van der Waals surface area contributed by atoms with Crippen molar-refractivity contribution in [1.82, 2.24) is 9.78 Å². The van der Waals surface area contributed by atoms with Crippen molar-refractivity contribution < 1.29 is 19.0 Å². The molecule has 3 heterocycles. The average molecular weight is 315 g/mol. The van der Waals surface area contributed by atoms with Crippen molar-refractivity contribution >= 4 is 11.6 Å². The Kier molecular flexibility index (Phi) is 3.63. The highest BCUT2D eigenvalue weighted by Gasteiger charge is 2.28. The van der Waals surface area contributed by atoms with Gasteiger partial charge in [0.25, 0.3) is 5.91 Å². The number of carbonyl (C=O) groups is 1. The molecule has 0 spiro atoms. The Labute approximate surface area is 133 Å². The van der Waals surface area contributed by atoms with Gasteiger partial charge in [-0.25, -0.2) is 0 Å². The topological polar surface area (TPSA) is 74.6 Å². The molecule has 4 rings (SSSR count). The van der Waals surface area contributed by atoms with Crippen LogP contribution in [0.1, 0.15) is 12.5 Å². The normalized spacial score (nSPS) is 22.8. The van der Waals surface area contributed by atoms with E-state index in [0.29, 0.717) is 23.8 Å². The molecule has 23 heavy (non-hydrogen) atoms. The molecule has 2 aliphatic rings. The van der Waals surface area contributed by atoms with Crippen LogP contribution in [0.3, 0.4) is 0 Å². The maximum absolute atomic E-state index is 12.3. The number of para-hydroxylation sites is 2. The van der Waals surface area contributed by atoms with Gasteiger partial charge in [0, 0.05) is 12.8 Å². The minimum absolute atomic E-state index is 0.188. The van der Waals surface area contributed by atoms with Crippen LogP contribution >= 0.6 is 0 Å². The highest BCUT2D eigenvalue weighted by Crippen LogP contribution is 2.31. The number of amides is 1. The second-order valence-corrected chi connectivity index (χ2v) is 5.58. The Balaban J connectivity index is 1.40. The Morgan fingerprint density at radius 1 is 1.26 bits per heavy atom. The molecular weight excluding hydrogens is 298 g/mol. The summed E-state index contributed by atoms with van der Waals surface area (Å²) in [5.41, 5.74) is 0.643. The summed E-state index contributed by atoms with van der Waals surface area (Å²) in [6.07, 6.45) is 3.71. The molecule has 2 aromatic rings. The highest BCUT2D eigenvalue weighted by atomic mass is 16.6. The number of rotatable bonds is 3. The van der Waals surface area contributed by atoms with Crippen LogP contribution in [-0.2, 0) is 9.53 Å². The molecule has 2 atom stereocenters. The number of aromatic nitrogens is 2. The predicted octanol–water partition coefficient (Wildman–Crippen LogP) is 1.62. The van der Waals surface area contributed by atoms with Gasteiger partial charge in [-0.2, -0.15) is 5.10 Å². The number of fused-ring (bicyclic) bond motifs is 1. The molecule has 1 aromatic carbocycles.